The smallest absolute Gasteiger partial charge is 0.358 e. The monoisotopic (exact) mass is 387 g/mol. The summed E-state index contributed by atoms with van der Waals surface area (Å²) in [7, 11) is 0. The molecule has 9 nitrogen and oxygen atoms in total. The first-order valence-electron chi connectivity index (χ1n) is 9.91. The van der Waals surface area contributed by atoms with Crippen molar-refractivity contribution in [2.45, 2.75) is 44.6 Å². The Bertz CT molecular complexity index is 784. The lowest BCUT2D eigenvalue weighted by atomic mass is 10.0. The van der Waals surface area contributed by atoms with Crippen LogP contribution in [0.4, 0.5) is 5.82 Å². The summed E-state index contributed by atoms with van der Waals surface area (Å²) in [5.74, 6) is -1.27. The highest BCUT2D eigenvalue weighted by molar-refractivity contribution is 5.90. The number of nitrogens with zero attached hydrogens (tertiary/aromatic N) is 5. The van der Waals surface area contributed by atoms with E-state index < -0.39 is 5.97 Å². The van der Waals surface area contributed by atoms with Crippen molar-refractivity contribution in [2.75, 3.05) is 31.9 Å². The number of unbranched alkanes of at least 4 members (excludes halogenated alkanes) is 3. The minimum Gasteiger partial charge on any atom is -0.476 e. The number of anilines is 1. The molecule has 1 aliphatic rings. The summed E-state index contributed by atoms with van der Waals surface area (Å²) in [6, 6.07) is 0.350. The van der Waals surface area contributed by atoms with Gasteiger partial charge < -0.3 is 21.5 Å². The Labute approximate surface area is 164 Å². The van der Waals surface area contributed by atoms with Gasteiger partial charge in [-0.1, -0.05) is 12.8 Å². The van der Waals surface area contributed by atoms with Crippen LogP contribution in [0.25, 0.3) is 11.3 Å². The van der Waals surface area contributed by atoms with E-state index in [-0.39, 0.29) is 11.5 Å². The van der Waals surface area contributed by atoms with Crippen LogP contribution in [-0.2, 0) is 0 Å². The molecule has 0 atom stereocenters. The zero-order valence-corrected chi connectivity index (χ0v) is 16.1. The topological polar surface area (TPSA) is 136 Å². The van der Waals surface area contributed by atoms with Crippen molar-refractivity contribution < 1.29 is 9.90 Å². The Morgan fingerprint density at radius 1 is 1.18 bits per heavy atom. The van der Waals surface area contributed by atoms with Crippen LogP contribution in [0, 0.1) is 0 Å². The number of nitrogens with two attached hydrogens (primary N) is 2. The molecule has 0 spiro atoms. The maximum absolute atomic E-state index is 11.2. The fraction of sp³-hybridized carbons (Fsp3) is 0.579. The lowest BCUT2D eigenvalue weighted by Crippen LogP contribution is -2.35. The highest BCUT2D eigenvalue weighted by Gasteiger charge is 2.21. The molecule has 2 aromatic heterocycles. The molecule has 0 amide bonds. The van der Waals surface area contributed by atoms with Gasteiger partial charge in [0.2, 0.25) is 0 Å². The quantitative estimate of drug-likeness (QED) is 0.554. The third-order valence-corrected chi connectivity index (χ3v) is 5.26. The van der Waals surface area contributed by atoms with Gasteiger partial charge in [-0.05, 0) is 38.8 Å². The minimum atomic E-state index is -1.19. The molecule has 0 bridgehead atoms. The number of hydrogen-bond acceptors (Lipinski definition) is 7. The van der Waals surface area contributed by atoms with Gasteiger partial charge in [-0.25, -0.2) is 14.8 Å². The fourth-order valence-corrected chi connectivity index (χ4v) is 3.61. The molecule has 0 unspecified atom stereocenters. The zero-order chi connectivity index (χ0) is 19.9. The van der Waals surface area contributed by atoms with Crippen molar-refractivity contribution in [2.24, 2.45) is 5.73 Å². The van der Waals surface area contributed by atoms with E-state index in [0.717, 1.165) is 51.0 Å². The molecule has 152 valence electrons. The second kappa shape index (κ2) is 9.61. The van der Waals surface area contributed by atoms with Gasteiger partial charge in [-0.15, -0.1) is 0 Å². The van der Waals surface area contributed by atoms with E-state index in [4.69, 9.17) is 16.6 Å². The third-order valence-electron chi connectivity index (χ3n) is 5.26. The number of carboxylic acid groups (broad SMARTS) is 1. The highest BCUT2D eigenvalue weighted by atomic mass is 16.4. The van der Waals surface area contributed by atoms with Crippen LogP contribution in [0.15, 0.2) is 18.6 Å². The fourth-order valence-electron chi connectivity index (χ4n) is 3.61. The lowest BCUT2D eigenvalue weighted by Gasteiger charge is -2.32. The Hall–Kier alpha value is -2.52. The number of likely N-dealkylation sites (tertiary alicyclic amines) is 1. The molecule has 1 saturated heterocycles. The van der Waals surface area contributed by atoms with Gasteiger partial charge in [0.15, 0.2) is 11.5 Å². The lowest BCUT2D eigenvalue weighted by molar-refractivity contribution is 0.0691. The predicted octanol–water partition coefficient (Wildman–Crippen LogP) is 1.78. The maximum Gasteiger partial charge on any atom is 0.358 e. The van der Waals surface area contributed by atoms with Crippen LogP contribution in [0.2, 0.25) is 0 Å². The maximum atomic E-state index is 11.2. The molecule has 3 rings (SSSR count). The standard InChI is InChI=1S/C19H29N7O2/c20-7-3-1-2-4-8-25-9-5-15(6-10-25)26-13-14(11-23-26)16-12-22-18(21)17(24-16)19(27)28/h11-13,15H,1-10,20H2,(H2,21,22)(H,27,28). The molecule has 2 aromatic rings. The molecule has 3 heterocycles. The van der Waals surface area contributed by atoms with Gasteiger partial charge >= 0.3 is 5.97 Å². The number of hydrogen-bond donors (Lipinski definition) is 3. The van der Waals surface area contributed by atoms with Crippen LogP contribution in [0.1, 0.15) is 55.1 Å². The van der Waals surface area contributed by atoms with Crippen LogP contribution in [-0.4, -0.2) is 61.9 Å². The Kier molecular flexibility index (Phi) is 6.94. The summed E-state index contributed by atoms with van der Waals surface area (Å²) < 4.78 is 1.96. The number of rotatable bonds is 9. The predicted molar refractivity (Wildman–Crippen MR) is 107 cm³/mol. The van der Waals surface area contributed by atoms with Crippen LogP contribution in [0.5, 0.6) is 0 Å². The zero-order valence-electron chi connectivity index (χ0n) is 16.1. The molecule has 1 aliphatic heterocycles. The molecular weight excluding hydrogens is 358 g/mol. The number of carboxylic acids is 1. The van der Waals surface area contributed by atoms with Crippen molar-refractivity contribution >= 4 is 11.8 Å². The molecule has 0 aromatic carbocycles. The van der Waals surface area contributed by atoms with Crippen molar-refractivity contribution in [3.8, 4) is 11.3 Å². The Balaban J connectivity index is 1.54. The Morgan fingerprint density at radius 2 is 1.93 bits per heavy atom. The summed E-state index contributed by atoms with van der Waals surface area (Å²) in [4.78, 5) is 21.8. The number of aromatic nitrogens is 4. The molecule has 0 saturated carbocycles. The van der Waals surface area contributed by atoms with E-state index in [2.05, 4.69) is 20.0 Å². The van der Waals surface area contributed by atoms with Crippen molar-refractivity contribution in [1.82, 2.24) is 24.6 Å². The van der Waals surface area contributed by atoms with E-state index in [0.29, 0.717) is 11.7 Å². The van der Waals surface area contributed by atoms with Crippen molar-refractivity contribution in [3.05, 3.63) is 24.3 Å². The van der Waals surface area contributed by atoms with Crippen LogP contribution < -0.4 is 11.5 Å². The second-order valence-electron chi connectivity index (χ2n) is 7.28. The minimum absolute atomic E-state index is 0.0842. The molecule has 28 heavy (non-hydrogen) atoms. The van der Waals surface area contributed by atoms with Crippen molar-refractivity contribution in [3.63, 3.8) is 0 Å². The van der Waals surface area contributed by atoms with E-state index >= 15 is 0 Å². The number of aromatic carboxylic acids is 1. The second-order valence-corrected chi connectivity index (χ2v) is 7.28. The molecular formula is C19H29N7O2. The van der Waals surface area contributed by atoms with E-state index in [1.807, 2.05) is 10.9 Å². The van der Waals surface area contributed by atoms with Crippen LogP contribution >= 0.6 is 0 Å². The van der Waals surface area contributed by atoms with Crippen molar-refractivity contribution in [1.29, 1.82) is 0 Å². The van der Waals surface area contributed by atoms with Gasteiger partial charge in [0.25, 0.3) is 0 Å². The van der Waals surface area contributed by atoms with Gasteiger partial charge in [-0.3, -0.25) is 4.68 Å². The van der Waals surface area contributed by atoms with E-state index in [1.54, 1.807) is 6.20 Å². The summed E-state index contributed by atoms with van der Waals surface area (Å²) in [5, 5.41) is 13.6. The summed E-state index contributed by atoms with van der Waals surface area (Å²) in [6.07, 6.45) is 12.0. The normalized spacial score (nSPS) is 15.8. The Morgan fingerprint density at radius 3 is 2.64 bits per heavy atom. The molecule has 1 fully saturated rings. The number of nitrogen functional groups attached to an aromatic ring is 1. The van der Waals surface area contributed by atoms with Crippen LogP contribution in [0.3, 0.4) is 0 Å². The summed E-state index contributed by atoms with van der Waals surface area (Å²) >= 11 is 0. The van der Waals surface area contributed by atoms with Gasteiger partial charge in [-0.2, -0.15) is 5.10 Å². The summed E-state index contributed by atoms with van der Waals surface area (Å²) in [6.45, 7) is 4.08. The third kappa shape index (κ3) is 5.05. The molecule has 0 radical (unpaired) electrons. The largest absolute Gasteiger partial charge is 0.476 e. The average molecular weight is 387 g/mol. The number of piperidine rings is 1. The van der Waals surface area contributed by atoms with Gasteiger partial charge in [0.05, 0.1) is 24.1 Å². The van der Waals surface area contributed by atoms with E-state index in [1.165, 1.54) is 25.5 Å². The summed E-state index contributed by atoms with van der Waals surface area (Å²) in [5.41, 5.74) is 12.1. The first kappa shape index (κ1) is 20.2. The SMILES string of the molecule is NCCCCCCN1CCC(n2cc(-c3cnc(N)c(C(=O)O)n3)cn2)CC1. The van der Waals surface area contributed by atoms with Gasteiger partial charge in [0, 0.05) is 24.8 Å². The van der Waals surface area contributed by atoms with E-state index in [9.17, 15) is 4.79 Å². The highest BCUT2D eigenvalue weighted by Crippen LogP contribution is 2.25. The first-order chi connectivity index (χ1) is 13.6. The molecule has 0 aliphatic carbocycles. The first-order valence-corrected chi connectivity index (χ1v) is 9.91. The van der Waals surface area contributed by atoms with Gasteiger partial charge in [0.1, 0.15) is 0 Å². The molecule has 5 N–H and O–H groups in total. The average Bonchev–Trinajstić information content (AvgIpc) is 3.18. The number of carbonyl (C=O) groups is 1. The molecule has 9 heteroatoms.